The molecule has 6 heteroatoms. The summed E-state index contributed by atoms with van der Waals surface area (Å²) in [6.07, 6.45) is 13.6. The summed E-state index contributed by atoms with van der Waals surface area (Å²) in [6, 6.07) is 16.6. The molecular formula is C27H24ClN5. The summed E-state index contributed by atoms with van der Waals surface area (Å²) in [6.45, 7) is 0. The number of nitrogens with zero attached hydrogens (tertiary/aromatic N) is 4. The Hall–Kier alpha value is -3.44. The van der Waals surface area contributed by atoms with Crippen LogP contribution in [0.5, 0.6) is 0 Å². The lowest BCUT2D eigenvalue weighted by Gasteiger charge is -2.23. The minimum absolute atomic E-state index is 0.377. The fourth-order valence-electron chi connectivity index (χ4n) is 4.46. The van der Waals surface area contributed by atoms with Gasteiger partial charge < -0.3 is 9.88 Å². The molecule has 1 fully saturated rings. The van der Waals surface area contributed by atoms with Gasteiger partial charge in [0.1, 0.15) is 0 Å². The lowest BCUT2D eigenvalue weighted by Crippen LogP contribution is -2.40. The molecule has 0 spiro atoms. The molecular weight excluding hydrogens is 430 g/mol. The normalized spacial score (nSPS) is 16.0. The van der Waals surface area contributed by atoms with Gasteiger partial charge >= 0.3 is 0 Å². The fourth-order valence-corrected chi connectivity index (χ4v) is 4.64. The fraction of sp³-hybridized carbons (Fsp3) is 0.222. The number of fused-ring (bicyclic) bond motifs is 2. The molecule has 2 heterocycles. The molecule has 164 valence electrons. The topological polar surface area (TPSA) is 55.1 Å². The molecule has 0 unspecified atom stereocenters. The Morgan fingerprint density at radius 3 is 2.73 bits per heavy atom. The second-order valence-corrected chi connectivity index (χ2v) is 9.06. The van der Waals surface area contributed by atoms with Gasteiger partial charge in [0.2, 0.25) is 0 Å². The van der Waals surface area contributed by atoms with Crippen LogP contribution in [-0.4, -0.2) is 20.6 Å². The van der Waals surface area contributed by atoms with Gasteiger partial charge in [-0.25, -0.2) is 4.98 Å². The number of benzene rings is 2. The van der Waals surface area contributed by atoms with E-state index in [1.807, 2.05) is 36.5 Å². The molecule has 6 rings (SSSR count). The van der Waals surface area contributed by atoms with E-state index in [1.165, 1.54) is 6.42 Å². The third-order valence-corrected chi connectivity index (χ3v) is 6.56. The Morgan fingerprint density at radius 1 is 1.03 bits per heavy atom. The first-order valence-electron chi connectivity index (χ1n) is 11.5. The van der Waals surface area contributed by atoms with Gasteiger partial charge in [0.05, 0.1) is 51.1 Å². The van der Waals surface area contributed by atoms with E-state index < -0.39 is 0 Å². The zero-order valence-electron chi connectivity index (χ0n) is 18.2. The van der Waals surface area contributed by atoms with Gasteiger partial charge in [-0.05, 0) is 74.6 Å². The van der Waals surface area contributed by atoms with Crippen molar-refractivity contribution in [2.45, 2.75) is 38.1 Å². The van der Waals surface area contributed by atoms with E-state index in [1.54, 1.807) is 6.20 Å². The summed E-state index contributed by atoms with van der Waals surface area (Å²) >= 11 is 6.39. The van der Waals surface area contributed by atoms with Crippen LogP contribution in [0, 0.1) is 0 Å². The van der Waals surface area contributed by atoms with Crippen LogP contribution in [0.4, 0.5) is 11.4 Å². The summed E-state index contributed by atoms with van der Waals surface area (Å²) in [5, 5.41) is 7.30. The predicted molar refractivity (Wildman–Crippen MR) is 133 cm³/mol. The Bertz CT molecular complexity index is 1490. The van der Waals surface area contributed by atoms with Crippen molar-refractivity contribution >= 4 is 35.1 Å². The monoisotopic (exact) mass is 453 g/mol. The van der Waals surface area contributed by atoms with Gasteiger partial charge in [0, 0.05) is 16.9 Å². The molecule has 4 aliphatic rings. The highest BCUT2D eigenvalue weighted by atomic mass is 35.5. The Morgan fingerprint density at radius 2 is 1.94 bits per heavy atom. The zero-order chi connectivity index (χ0) is 22.2. The van der Waals surface area contributed by atoms with Gasteiger partial charge in [0.15, 0.2) is 0 Å². The van der Waals surface area contributed by atoms with Crippen molar-refractivity contribution in [1.82, 2.24) is 14.5 Å². The van der Waals surface area contributed by atoms with Gasteiger partial charge in [0.25, 0.3) is 0 Å². The first-order valence-corrected chi connectivity index (χ1v) is 11.9. The number of pyridine rings is 1. The van der Waals surface area contributed by atoms with Crippen molar-refractivity contribution in [3.8, 4) is 17.1 Å². The predicted octanol–water partition coefficient (Wildman–Crippen LogP) is 4.58. The SMILES string of the molecule is Clc1cccc(-n2c3cc(=NC4CCC4)c(Nc4cccnc4)cc-3nc3c2=CCCC=3)c1. The number of halogens is 1. The number of hydrogen-bond donors (Lipinski definition) is 1. The largest absolute Gasteiger partial charge is 0.352 e. The van der Waals surface area contributed by atoms with Crippen molar-refractivity contribution in [3.63, 3.8) is 0 Å². The highest BCUT2D eigenvalue weighted by Crippen LogP contribution is 2.26. The second-order valence-electron chi connectivity index (χ2n) is 8.62. The third kappa shape index (κ3) is 3.93. The van der Waals surface area contributed by atoms with E-state index >= 15 is 0 Å². The van der Waals surface area contributed by atoms with Crippen molar-refractivity contribution in [1.29, 1.82) is 0 Å². The van der Waals surface area contributed by atoms with Crippen LogP contribution in [0.3, 0.4) is 0 Å². The highest BCUT2D eigenvalue weighted by molar-refractivity contribution is 6.30. The van der Waals surface area contributed by atoms with E-state index in [0.29, 0.717) is 11.1 Å². The number of aromatic nitrogens is 3. The van der Waals surface area contributed by atoms with Crippen molar-refractivity contribution < 1.29 is 0 Å². The van der Waals surface area contributed by atoms with Crippen LogP contribution in [-0.2, 0) is 0 Å². The number of nitrogens with one attached hydrogen (secondary N) is 1. The van der Waals surface area contributed by atoms with Crippen molar-refractivity contribution in [3.05, 3.63) is 82.0 Å². The summed E-state index contributed by atoms with van der Waals surface area (Å²) in [4.78, 5) is 14.4. The van der Waals surface area contributed by atoms with Crippen LogP contribution in [0.2, 0.25) is 5.02 Å². The van der Waals surface area contributed by atoms with Crippen LogP contribution in [0.1, 0.15) is 32.1 Å². The maximum Gasteiger partial charge on any atom is 0.0900 e. The Labute approximate surface area is 197 Å². The van der Waals surface area contributed by atoms with Crippen LogP contribution >= 0.6 is 11.6 Å². The molecule has 0 amide bonds. The van der Waals surface area contributed by atoms with E-state index in [4.69, 9.17) is 21.6 Å². The molecule has 1 aromatic carbocycles. The molecule has 3 aliphatic carbocycles. The maximum atomic E-state index is 6.39. The first-order chi connectivity index (χ1) is 16.2. The highest BCUT2D eigenvalue weighted by Gasteiger charge is 2.19. The summed E-state index contributed by atoms with van der Waals surface area (Å²) in [5.74, 6) is 0. The molecule has 33 heavy (non-hydrogen) atoms. The number of hydrogen-bond acceptors (Lipinski definition) is 4. The molecule has 2 aromatic rings. The summed E-state index contributed by atoms with van der Waals surface area (Å²) in [7, 11) is 0. The standard InChI is InChI=1S/C27H24ClN5/c28-18-6-3-10-21(14-18)33-26-12-2-1-11-22(26)32-25-15-23(31-20-9-5-13-29-17-20)24(16-27(25)33)30-19-7-4-8-19/h3,5-6,9-17,19,31H,1-2,4,7-8H2. The minimum atomic E-state index is 0.377. The average molecular weight is 454 g/mol. The van der Waals surface area contributed by atoms with E-state index in [-0.39, 0.29) is 0 Å². The van der Waals surface area contributed by atoms with Crippen LogP contribution in [0.25, 0.3) is 29.2 Å². The lowest BCUT2D eigenvalue weighted by atomic mass is 9.94. The van der Waals surface area contributed by atoms with Gasteiger partial charge in [-0.3, -0.25) is 9.98 Å². The quantitative estimate of drug-likeness (QED) is 0.492. The van der Waals surface area contributed by atoms with E-state index in [2.05, 4.69) is 45.2 Å². The molecule has 1 saturated carbocycles. The molecule has 1 aromatic heterocycles. The average Bonchev–Trinajstić information content (AvgIpc) is 2.81. The Balaban J connectivity index is 1.65. The summed E-state index contributed by atoms with van der Waals surface area (Å²) < 4.78 is 2.27. The van der Waals surface area contributed by atoms with E-state index in [0.717, 1.165) is 70.2 Å². The molecule has 0 atom stereocenters. The third-order valence-electron chi connectivity index (χ3n) is 6.32. The smallest absolute Gasteiger partial charge is 0.0900 e. The van der Waals surface area contributed by atoms with Crippen molar-refractivity contribution in [2.75, 3.05) is 5.32 Å². The van der Waals surface area contributed by atoms with Gasteiger partial charge in [-0.2, -0.15) is 0 Å². The molecule has 0 saturated heterocycles. The second kappa shape index (κ2) is 8.49. The zero-order valence-corrected chi connectivity index (χ0v) is 19.0. The molecule has 0 bridgehead atoms. The summed E-state index contributed by atoms with van der Waals surface area (Å²) in [5.41, 5.74) is 4.85. The Kier molecular flexibility index (Phi) is 5.19. The lowest BCUT2D eigenvalue weighted by molar-refractivity contribution is 0.413. The number of anilines is 2. The molecule has 1 N–H and O–H groups in total. The van der Waals surface area contributed by atoms with E-state index in [9.17, 15) is 0 Å². The van der Waals surface area contributed by atoms with Crippen LogP contribution in [0.15, 0.2) is 65.9 Å². The molecule has 1 aliphatic heterocycles. The minimum Gasteiger partial charge on any atom is -0.352 e. The maximum absolute atomic E-state index is 6.39. The molecule has 0 radical (unpaired) electrons. The van der Waals surface area contributed by atoms with Crippen LogP contribution < -0.4 is 21.4 Å². The van der Waals surface area contributed by atoms with Gasteiger partial charge in [-0.1, -0.05) is 29.8 Å². The first kappa shape index (κ1) is 20.2. The van der Waals surface area contributed by atoms with Crippen molar-refractivity contribution in [2.24, 2.45) is 4.99 Å². The number of rotatable bonds is 4. The molecule has 5 nitrogen and oxygen atoms in total. The van der Waals surface area contributed by atoms with Gasteiger partial charge in [-0.15, -0.1) is 0 Å².